The van der Waals surface area contributed by atoms with Crippen molar-refractivity contribution >= 4 is 34.9 Å². The lowest BCUT2D eigenvalue weighted by atomic mass is 10.2. The van der Waals surface area contributed by atoms with Gasteiger partial charge in [0, 0.05) is 23.7 Å². The predicted molar refractivity (Wildman–Crippen MR) is 113 cm³/mol. The lowest BCUT2D eigenvalue weighted by Crippen LogP contribution is -2.31. The van der Waals surface area contributed by atoms with Crippen LogP contribution in [-0.2, 0) is 11.3 Å². The molecule has 0 aliphatic heterocycles. The number of thiazole rings is 1. The molecule has 1 N–H and O–H groups in total. The average Bonchev–Trinajstić information content (AvgIpc) is 3.01. The van der Waals surface area contributed by atoms with Crippen LogP contribution in [0.3, 0.4) is 0 Å². The summed E-state index contributed by atoms with van der Waals surface area (Å²) in [6, 6.07) is 10.4. The standard InChI is InChI=1S/C20H19ClN4O2S/c1-13-20(28-14(2)23-13)17-8-10-19(27)25(24-17)12-11-22-18(26)9-7-15-5-3-4-6-16(15)21/h3-10H,11-12H2,1-2H3,(H,22,26)/b9-7+. The van der Waals surface area contributed by atoms with Crippen molar-refractivity contribution in [2.45, 2.75) is 20.4 Å². The zero-order chi connectivity index (χ0) is 20.1. The molecule has 0 unspecified atom stereocenters. The summed E-state index contributed by atoms with van der Waals surface area (Å²) in [4.78, 5) is 29.4. The lowest BCUT2D eigenvalue weighted by molar-refractivity contribution is -0.116. The van der Waals surface area contributed by atoms with E-state index in [0.717, 1.165) is 21.1 Å². The fourth-order valence-corrected chi connectivity index (χ4v) is 3.70. The Kier molecular flexibility index (Phi) is 6.38. The second-order valence-corrected chi connectivity index (χ2v) is 7.68. The second kappa shape index (κ2) is 8.95. The van der Waals surface area contributed by atoms with Gasteiger partial charge in [0.1, 0.15) is 5.69 Å². The number of hydrogen-bond acceptors (Lipinski definition) is 5. The molecule has 8 heteroatoms. The van der Waals surface area contributed by atoms with E-state index >= 15 is 0 Å². The zero-order valence-electron chi connectivity index (χ0n) is 15.5. The van der Waals surface area contributed by atoms with Crippen LogP contribution in [0.5, 0.6) is 0 Å². The van der Waals surface area contributed by atoms with Crippen LogP contribution < -0.4 is 10.9 Å². The fourth-order valence-electron chi connectivity index (χ4n) is 2.62. The maximum Gasteiger partial charge on any atom is 0.266 e. The molecule has 0 fully saturated rings. The number of halogens is 1. The molecule has 0 atom stereocenters. The molecule has 3 rings (SSSR count). The molecule has 0 bridgehead atoms. The minimum atomic E-state index is -0.266. The highest BCUT2D eigenvalue weighted by molar-refractivity contribution is 7.15. The van der Waals surface area contributed by atoms with Crippen LogP contribution in [0.2, 0.25) is 5.02 Å². The summed E-state index contributed by atoms with van der Waals surface area (Å²) in [5.74, 6) is -0.266. The molecule has 2 heterocycles. The minimum Gasteiger partial charge on any atom is -0.351 e. The van der Waals surface area contributed by atoms with Crippen molar-refractivity contribution in [3.63, 3.8) is 0 Å². The van der Waals surface area contributed by atoms with Crippen LogP contribution in [0.1, 0.15) is 16.3 Å². The van der Waals surface area contributed by atoms with E-state index in [9.17, 15) is 9.59 Å². The van der Waals surface area contributed by atoms with Crippen molar-refractivity contribution in [3.8, 4) is 10.6 Å². The van der Waals surface area contributed by atoms with E-state index in [1.54, 1.807) is 18.2 Å². The van der Waals surface area contributed by atoms with E-state index in [4.69, 9.17) is 11.6 Å². The van der Waals surface area contributed by atoms with Crippen LogP contribution in [0, 0.1) is 13.8 Å². The third-order valence-electron chi connectivity index (χ3n) is 3.95. The van der Waals surface area contributed by atoms with E-state index in [1.165, 1.54) is 28.2 Å². The highest BCUT2D eigenvalue weighted by Gasteiger charge is 2.10. The molecule has 1 amide bonds. The molecule has 1 aromatic carbocycles. The molecule has 0 spiro atoms. The highest BCUT2D eigenvalue weighted by atomic mass is 35.5. The predicted octanol–water partition coefficient (Wildman–Crippen LogP) is 3.47. The number of nitrogens with one attached hydrogen (secondary N) is 1. The van der Waals surface area contributed by atoms with Gasteiger partial charge in [0.25, 0.3) is 5.56 Å². The van der Waals surface area contributed by atoms with Crippen molar-refractivity contribution in [1.29, 1.82) is 0 Å². The number of carbonyl (C=O) groups excluding carboxylic acids is 1. The molecule has 0 saturated heterocycles. The molecular weight excluding hydrogens is 396 g/mol. The normalized spacial score (nSPS) is 11.1. The van der Waals surface area contributed by atoms with E-state index in [-0.39, 0.29) is 24.6 Å². The van der Waals surface area contributed by atoms with Crippen molar-refractivity contribution in [3.05, 3.63) is 74.1 Å². The van der Waals surface area contributed by atoms with E-state index in [2.05, 4.69) is 15.4 Å². The van der Waals surface area contributed by atoms with Crippen LogP contribution in [0.15, 0.2) is 47.3 Å². The van der Waals surface area contributed by atoms with Gasteiger partial charge in [-0.2, -0.15) is 5.10 Å². The van der Waals surface area contributed by atoms with Gasteiger partial charge in [-0.25, -0.2) is 9.67 Å². The number of benzene rings is 1. The van der Waals surface area contributed by atoms with E-state index in [0.29, 0.717) is 10.7 Å². The molecular formula is C20H19ClN4O2S. The Morgan fingerprint density at radius 3 is 2.75 bits per heavy atom. The molecule has 0 saturated carbocycles. The van der Waals surface area contributed by atoms with Crippen LogP contribution in [-0.4, -0.2) is 27.2 Å². The number of carbonyl (C=O) groups is 1. The quantitative estimate of drug-likeness (QED) is 0.626. The van der Waals surface area contributed by atoms with Crippen LogP contribution in [0.4, 0.5) is 0 Å². The topological polar surface area (TPSA) is 76.9 Å². The SMILES string of the molecule is Cc1nc(C)c(-c2ccc(=O)n(CCNC(=O)/C=C/c3ccccc3Cl)n2)s1. The summed E-state index contributed by atoms with van der Waals surface area (Å²) in [7, 11) is 0. The largest absolute Gasteiger partial charge is 0.351 e. The van der Waals surface area contributed by atoms with Crippen molar-refractivity contribution < 1.29 is 4.79 Å². The summed E-state index contributed by atoms with van der Waals surface area (Å²) in [6.45, 7) is 4.41. The third-order valence-corrected chi connectivity index (χ3v) is 5.38. The Morgan fingerprint density at radius 1 is 1.25 bits per heavy atom. The Labute approximate surface area is 171 Å². The number of aryl methyl sites for hydroxylation is 2. The van der Waals surface area contributed by atoms with Crippen molar-refractivity contribution in [2.24, 2.45) is 0 Å². The van der Waals surface area contributed by atoms with E-state index in [1.807, 2.05) is 32.0 Å². The number of aromatic nitrogens is 3. The second-order valence-electron chi connectivity index (χ2n) is 6.07. The third kappa shape index (κ3) is 4.94. The molecule has 0 radical (unpaired) electrons. The van der Waals surface area contributed by atoms with Crippen molar-refractivity contribution in [1.82, 2.24) is 20.1 Å². The fraction of sp³-hybridized carbons (Fsp3) is 0.200. The molecule has 6 nitrogen and oxygen atoms in total. The van der Waals surface area contributed by atoms with Gasteiger partial charge < -0.3 is 5.32 Å². The van der Waals surface area contributed by atoms with Gasteiger partial charge in [0.05, 0.1) is 22.1 Å². The number of amides is 1. The molecule has 0 aliphatic rings. The first-order valence-electron chi connectivity index (χ1n) is 8.67. The lowest BCUT2D eigenvalue weighted by Gasteiger charge is -2.07. The van der Waals surface area contributed by atoms with Gasteiger partial charge >= 0.3 is 0 Å². The maximum atomic E-state index is 12.1. The van der Waals surface area contributed by atoms with Gasteiger partial charge in [0.15, 0.2) is 0 Å². The smallest absolute Gasteiger partial charge is 0.266 e. The Balaban J connectivity index is 1.62. The van der Waals surface area contributed by atoms with Gasteiger partial charge in [-0.15, -0.1) is 11.3 Å². The van der Waals surface area contributed by atoms with Gasteiger partial charge in [-0.3, -0.25) is 9.59 Å². The maximum absolute atomic E-state index is 12.1. The molecule has 3 aromatic rings. The average molecular weight is 415 g/mol. The first-order chi connectivity index (χ1) is 13.4. The molecule has 2 aromatic heterocycles. The van der Waals surface area contributed by atoms with Gasteiger partial charge in [0.2, 0.25) is 5.91 Å². The molecule has 28 heavy (non-hydrogen) atoms. The Bertz CT molecular complexity index is 1090. The highest BCUT2D eigenvalue weighted by Crippen LogP contribution is 2.27. The summed E-state index contributed by atoms with van der Waals surface area (Å²) in [5.41, 5.74) is 2.13. The monoisotopic (exact) mass is 414 g/mol. The molecule has 0 aliphatic carbocycles. The minimum absolute atomic E-state index is 0.219. The first kappa shape index (κ1) is 20.0. The zero-order valence-corrected chi connectivity index (χ0v) is 17.0. The van der Waals surface area contributed by atoms with Crippen molar-refractivity contribution in [2.75, 3.05) is 6.54 Å². The van der Waals surface area contributed by atoms with Gasteiger partial charge in [-0.1, -0.05) is 29.8 Å². The van der Waals surface area contributed by atoms with Gasteiger partial charge in [-0.05, 0) is 37.6 Å². The summed E-state index contributed by atoms with van der Waals surface area (Å²) < 4.78 is 1.35. The Morgan fingerprint density at radius 2 is 2.04 bits per heavy atom. The summed E-state index contributed by atoms with van der Waals surface area (Å²) in [6.07, 6.45) is 3.06. The number of hydrogen-bond donors (Lipinski definition) is 1. The summed E-state index contributed by atoms with van der Waals surface area (Å²) in [5, 5.41) is 8.68. The summed E-state index contributed by atoms with van der Waals surface area (Å²) >= 11 is 7.59. The molecule has 144 valence electrons. The van der Waals surface area contributed by atoms with E-state index < -0.39 is 0 Å². The Hall–Kier alpha value is -2.77. The number of rotatable bonds is 6. The van der Waals surface area contributed by atoms with Crippen LogP contribution >= 0.6 is 22.9 Å². The number of nitrogens with zero attached hydrogens (tertiary/aromatic N) is 3. The first-order valence-corrected chi connectivity index (χ1v) is 9.86. The van der Waals surface area contributed by atoms with Crippen LogP contribution in [0.25, 0.3) is 16.6 Å².